The molecule has 0 aliphatic rings. The number of nitrogens with zero attached hydrogens (tertiary/aromatic N) is 4. The maximum Gasteiger partial charge on any atom is 0.288 e. The van der Waals surface area contributed by atoms with Crippen LogP contribution in [0.1, 0.15) is 12.2 Å². The van der Waals surface area contributed by atoms with Crippen molar-refractivity contribution in [3.63, 3.8) is 0 Å². The van der Waals surface area contributed by atoms with Gasteiger partial charge in [0.1, 0.15) is 17.8 Å². The molecule has 0 atom stereocenters. The number of rotatable bonds is 6. The van der Waals surface area contributed by atoms with Crippen molar-refractivity contribution in [3.8, 4) is 0 Å². The van der Waals surface area contributed by atoms with Crippen LogP contribution in [0.5, 0.6) is 0 Å². The van der Waals surface area contributed by atoms with E-state index >= 15 is 0 Å². The van der Waals surface area contributed by atoms with E-state index in [1.54, 1.807) is 6.20 Å². The summed E-state index contributed by atoms with van der Waals surface area (Å²) in [7, 11) is 0. The van der Waals surface area contributed by atoms with Gasteiger partial charge in [-0.1, -0.05) is 0 Å². The van der Waals surface area contributed by atoms with Gasteiger partial charge in [-0.2, -0.15) is 0 Å². The lowest BCUT2D eigenvalue weighted by atomic mass is 10.3. The van der Waals surface area contributed by atoms with Gasteiger partial charge in [0.05, 0.1) is 9.40 Å². The molecule has 0 fully saturated rings. The van der Waals surface area contributed by atoms with Crippen molar-refractivity contribution >= 4 is 27.4 Å². The highest BCUT2D eigenvalue weighted by atomic mass is 79.9. The number of aromatic nitrogens is 3. The van der Waals surface area contributed by atoms with Gasteiger partial charge in [-0.3, -0.25) is 10.1 Å². The molecular weight excluding hydrogens is 326 g/mol. The quantitative estimate of drug-likeness (QED) is 0.496. The van der Waals surface area contributed by atoms with Gasteiger partial charge in [0.2, 0.25) is 0 Å². The molecule has 2 aromatic heterocycles. The fraction of sp³-hybridized carbons (Fsp3) is 0.333. The summed E-state index contributed by atoms with van der Waals surface area (Å²) in [5, 5.41) is 13.8. The fourth-order valence-corrected chi connectivity index (χ4v) is 2.23. The topological polar surface area (TPSA) is 85.9 Å². The summed E-state index contributed by atoms with van der Waals surface area (Å²) in [6.07, 6.45) is 5.86. The van der Waals surface area contributed by atoms with Crippen LogP contribution in [-0.2, 0) is 6.54 Å². The van der Waals surface area contributed by atoms with E-state index < -0.39 is 4.92 Å². The van der Waals surface area contributed by atoms with Gasteiger partial charge in [0.15, 0.2) is 0 Å². The molecule has 0 saturated carbocycles. The minimum Gasteiger partial charge on any atom is -0.369 e. The van der Waals surface area contributed by atoms with Crippen LogP contribution in [0.25, 0.3) is 0 Å². The molecule has 7 nitrogen and oxygen atoms in total. The number of nitro groups is 1. The van der Waals surface area contributed by atoms with E-state index in [4.69, 9.17) is 0 Å². The summed E-state index contributed by atoms with van der Waals surface area (Å²) < 4.78 is 2.66. The summed E-state index contributed by atoms with van der Waals surface area (Å²) in [6.45, 7) is 3.55. The third-order valence-corrected chi connectivity index (χ3v) is 3.43. The molecule has 20 heavy (non-hydrogen) atoms. The summed E-state index contributed by atoms with van der Waals surface area (Å²) >= 11 is 3.27. The van der Waals surface area contributed by atoms with Crippen molar-refractivity contribution in [3.05, 3.63) is 45.1 Å². The number of aryl methyl sites for hydroxylation is 2. The Morgan fingerprint density at radius 2 is 2.30 bits per heavy atom. The van der Waals surface area contributed by atoms with Crippen LogP contribution in [0.4, 0.5) is 11.5 Å². The maximum atomic E-state index is 10.6. The van der Waals surface area contributed by atoms with E-state index in [1.807, 2.05) is 13.1 Å². The predicted octanol–water partition coefficient (Wildman–Crippen LogP) is 2.76. The molecule has 0 aromatic carbocycles. The standard InChI is InChI=1S/C12H14BrN5O2/c1-9-14-4-6-17(9)5-2-3-15-12-11(13)7-10(8-16-12)18(19)20/h4,6-8H,2-3,5H2,1H3,(H,15,16). The Labute approximate surface area is 124 Å². The van der Waals surface area contributed by atoms with Gasteiger partial charge in [-0.05, 0) is 29.3 Å². The first kappa shape index (κ1) is 14.4. The smallest absolute Gasteiger partial charge is 0.288 e. The van der Waals surface area contributed by atoms with Crippen molar-refractivity contribution in [2.45, 2.75) is 19.9 Å². The second-order valence-corrected chi connectivity index (χ2v) is 5.08. The third kappa shape index (κ3) is 3.53. The van der Waals surface area contributed by atoms with Gasteiger partial charge < -0.3 is 9.88 Å². The van der Waals surface area contributed by atoms with E-state index in [9.17, 15) is 10.1 Å². The Morgan fingerprint density at radius 1 is 1.50 bits per heavy atom. The third-order valence-electron chi connectivity index (χ3n) is 2.83. The first-order valence-electron chi connectivity index (χ1n) is 6.09. The van der Waals surface area contributed by atoms with Crippen LogP contribution in [0, 0.1) is 17.0 Å². The molecule has 1 N–H and O–H groups in total. The van der Waals surface area contributed by atoms with Crippen molar-refractivity contribution in [2.75, 3.05) is 11.9 Å². The first-order valence-corrected chi connectivity index (χ1v) is 6.89. The van der Waals surface area contributed by atoms with Crippen LogP contribution in [0.15, 0.2) is 29.1 Å². The fourth-order valence-electron chi connectivity index (χ4n) is 1.75. The summed E-state index contributed by atoms with van der Waals surface area (Å²) in [4.78, 5) is 18.3. The number of pyridine rings is 1. The highest BCUT2D eigenvalue weighted by Gasteiger charge is 2.10. The Kier molecular flexibility index (Phi) is 4.67. The number of anilines is 1. The zero-order chi connectivity index (χ0) is 14.5. The molecule has 0 radical (unpaired) electrons. The van der Waals surface area contributed by atoms with Crippen LogP contribution in [-0.4, -0.2) is 26.0 Å². The second-order valence-electron chi connectivity index (χ2n) is 4.23. The van der Waals surface area contributed by atoms with Crippen molar-refractivity contribution < 1.29 is 4.92 Å². The number of nitrogens with one attached hydrogen (secondary N) is 1. The largest absolute Gasteiger partial charge is 0.369 e. The predicted molar refractivity (Wildman–Crippen MR) is 78.7 cm³/mol. The lowest BCUT2D eigenvalue weighted by Crippen LogP contribution is -2.08. The molecule has 0 saturated heterocycles. The van der Waals surface area contributed by atoms with E-state index in [-0.39, 0.29) is 5.69 Å². The molecule has 0 aliphatic carbocycles. The minimum absolute atomic E-state index is 0.0311. The molecule has 0 amide bonds. The van der Waals surface area contributed by atoms with E-state index in [2.05, 4.69) is 35.8 Å². The van der Waals surface area contributed by atoms with Gasteiger partial charge in [-0.25, -0.2) is 9.97 Å². The number of hydrogen-bond donors (Lipinski definition) is 1. The number of hydrogen-bond acceptors (Lipinski definition) is 5. The summed E-state index contributed by atoms with van der Waals surface area (Å²) in [5.74, 6) is 1.59. The van der Waals surface area contributed by atoms with Gasteiger partial charge in [-0.15, -0.1) is 0 Å². The zero-order valence-electron chi connectivity index (χ0n) is 10.9. The SMILES string of the molecule is Cc1nccn1CCCNc1ncc([N+](=O)[O-])cc1Br. The molecule has 0 spiro atoms. The average Bonchev–Trinajstić information content (AvgIpc) is 2.81. The highest BCUT2D eigenvalue weighted by molar-refractivity contribution is 9.10. The Balaban J connectivity index is 1.85. The first-order chi connectivity index (χ1) is 9.58. The zero-order valence-corrected chi connectivity index (χ0v) is 12.5. The van der Waals surface area contributed by atoms with Crippen molar-refractivity contribution in [1.29, 1.82) is 0 Å². The van der Waals surface area contributed by atoms with Crippen LogP contribution >= 0.6 is 15.9 Å². The van der Waals surface area contributed by atoms with Gasteiger partial charge in [0.25, 0.3) is 5.69 Å². The minimum atomic E-state index is -0.469. The lowest BCUT2D eigenvalue weighted by Gasteiger charge is -2.08. The van der Waals surface area contributed by atoms with E-state index in [0.717, 1.165) is 25.3 Å². The highest BCUT2D eigenvalue weighted by Crippen LogP contribution is 2.24. The normalized spacial score (nSPS) is 10.5. The Morgan fingerprint density at radius 3 is 2.90 bits per heavy atom. The summed E-state index contributed by atoms with van der Waals surface area (Å²) in [6, 6.07) is 1.44. The Bertz CT molecular complexity index is 614. The Hall–Kier alpha value is -1.96. The molecule has 2 heterocycles. The number of halogens is 1. The second kappa shape index (κ2) is 6.47. The van der Waals surface area contributed by atoms with Crippen LogP contribution in [0.2, 0.25) is 0 Å². The summed E-state index contributed by atoms with van der Waals surface area (Å²) in [5.41, 5.74) is -0.0311. The molecule has 106 valence electrons. The maximum absolute atomic E-state index is 10.6. The lowest BCUT2D eigenvalue weighted by molar-refractivity contribution is -0.385. The van der Waals surface area contributed by atoms with Crippen LogP contribution in [0.3, 0.4) is 0 Å². The molecule has 2 aromatic rings. The van der Waals surface area contributed by atoms with Crippen molar-refractivity contribution in [1.82, 2.24) is 14.5 Å². The van der Waals surface area contributed by atoms with Crippen molar-refractivity contribution in [2.24, 2.45) is 0 Å². The molecule has 0 aliphatic heterocycles. The molecule has 0 bridgehead atoms. The van der Waals surface area contributed by atoms with E-state index in [0.29, 0.717) is 10.3 Å². The number of imidazole rings is 1. The molecule has 0 unspecified atom stereocenters. The van der Waals surface area contributed by atoms with E-state index in [1.165, 1.54) is 12.3 Å². The van der Waals surface area contributed by atoms with Gasteiger partial charge >= 0.3 is 0 Å². The molecular formula is C12H14BrN5O2. The van der Waals surface area contributed by atoms with Gasteiger partial charge in [0, 0.05) is 31.5 Å². The molecule has 8 heteroatoms. The monoisotopic (exact) mass is 339 g/mol. The van der Waals surface area contributed by atoms with Crippen LogP contribution < -0.4 is 5.32 Å². The average molecular weight is 340 g/mol. The molecule has 2 rings (SSSR count).